The molecule has 0 aromatic heterocycles. The van der Waals surface area contributed by atoms with Gasteiger partial charge in [-0.3, -0.25) is 19.8 Å². The summed E-state index contributed by atoms with van der Waals surface area (Å²) in [4.78, 5) is 34.7. The molecular formula is C9H10N2O3S. The number of carbonyl (C=O) groups excluding carboxylic acids is 3. The second kappa shape index (κ2) is 4.06. The van der Waals surface area contributed by atoms with Crippen molar-refractivity contribution >= 4 is 29.4 Å². The van der Waals surface area contributed by atoms with Crippen LogP contribution in [0.3, 0.4) is 0 Å². The van der Waals surface area contributed by atoms with Crippen LogP contribution in [0.15, 0.2) is 11.6 Å². The van der Waals surface area contributed by atoms with Crippen LogP contribution in [-0.4, -0.2) is 21.9 Å². The maximum Gasteiger partial charge on any atom is 0.269 e. The second-order valence-corrected chi connectivity index (χ2v) is 4.24. The maximum absolute atomic E-state index is 11.8. The Morgan fingerprint density at radius 1 is 1.40 bits per heavy atom. The molecule has 1 amide bonds. The van der Waals surface area contributed by atoms with Gasteiger partial charge in [0.15, 0.2) is 17.5 Å². The van der Waals surface area contributed by atoms with Crippen LogP contribution in [-0.2, 0) is 14.4 Å². The number of Topliss-reactive ketones (excluding diaryl/α,β-unsaturated/α-hetero) is 2. The van der Waals surface area contributed by atoms with Gasteiger partial charge < -0.3 is 0 Å². The number of amides is 1. The number of rotatable bonds is 1. The van der Waals surface area contributed by atoms with Crippen LogP contribution in [0.25, 0.3) is 0 Å². The quantitative estimate of drug-likeness (QED) is 0.517. The van der Waals surface area contributed by atoms with Crippen molar-refractivity contribution < 1.29 is 14.4 Å². The topological polar surface area (TPSA) is 66.5 Å². The van der Waals surface area contributed by atoms with Crippen molar-refractivity contribution in [2.45, 2.75) is 19.3 Å². The minimum Gasteiger partial charge on any atom is -0.298 e. The number of nitrogens with one attached hydrogen (secondary N) is 1. The van der Waals surface area contributed by atoms with Crippen molar-refractivity contribution in [2.75, 3.05) is 0 Å². The maximum atomic E-state index is 11.8. The van der Waals surface area contributed by atoms with E-state index in [0.29, 0.717) is 19.3 Å². The lowest BCUT2D eigenvalue weighted by atomic mass is 9.86. The van der Waals surface area contributed by atoms with Gasteiger partial charge >= 0.3 is 0 Å². The van der Waals surface area contributed by atoms with E-state index in [0.717, 1.165) is 11.9 Å². The molecule has 2 rings (SSSR count). The van der Waals surface area contributed by atoms with E-state index < -0.39 is 11.8 Å². The highest BCUT2D eigenvalue weighted by Gasteiger charge is 2.39. The zero-order chi connectivity index (χ0) is 10.8. The van der Waals surface area contributed by atoms with E-state index in [2.05, 4.69) is 5.43 Å². The van der Waals surface area contributed by atoms with Gasteiger partial charge in [0.2, 0.25) is 0 Å². The molecule has 0 spiro atoms. The number of ketones is 2. The number of carbonyl (C=O) groups is 3. The van der Waals surface area contributed by atoms with Crippen LogP contribution < -0.4 is 5.43 Å². The number of hydrogen-bond donors (Lipinski definition) is 1. The fraction of sp³-hybridized carbons (Fsp3) is 0.444. The fourth-order valence-electron chi connectivity index (χ4n) is 1.63. The molecule has 1 fully saturated rings. The molecule has 0 aromatic carbocycles. The van der Waals surface area contributed by atoms with E-state index in [1.165, 1.54) is 4.41 Å². The van der Waals surface area contributed by atoms with Crippen molar-refractivity contribution in [2.24, 2.45) is 5.92 Å². The Morgan fingerprint density at radius 3 is 2.60 bits per heavy atom. The van der Waals surface area contributed by atoms with Gasteiger partial charge in [-0.2, -0.15) is 4.41 Å². The lowest BCUT2D eigenvalue weighted by molar-refractivity contribution is -0.146. The zero-order valence-corrected chi connectivity index (χ0v) is 8.75. The van der Waals surface area contributed by atoms with Crippen LogP contribution in [0.1, 0.15) is 19.3 Å². The van der Waals surface area contributed by atoms with Crippen molar-refractivity contribution in [3.63, 3.8) is 0 Å². The lowest BCUT2D eigenvalue weighted by Crippen LogP contribution is -2.44. The molecule has 1 aliphatic heterocycles. The zero-order valence-electron chi connectivity index (χ0n) is 7.93. The summed E-state index contributed by atoms with van der Waals surface area (Å²) in [5.41, 5.74) is 2.66. The monoisotopic (exact) mass is 226 g/mol. The first kappa shape index (κ1) is 10.2. The molecule has 5 nitrogen and oxygen atoms in total. The van der Waals surface area contributed by atoms with Crippen molar-refractivity contribution in [1.29, 1.82) is 0 Å². The smallest absolute Gasteiger partial charge is 0.269 e. The summed E-state index contributed by atoms with van der Waals surface area (Å²) in [5.74, 6) is -2.06. The van der Waals surface area contributed by atoms with Crippen LogP contribution in [0.2, 0.25) is 0 Å². The minimum absolute atomic E-state index is 0.259. The molecule has 15 heavy (non-hydrogen) atoms. The van der Waals surface area contributed by atoms with Gasteiger partial charge in [0.25, 0.3) is 5.91 Å². The summed E-state index contributed by atoms with van der Waals surface area (Å²) >= 11 is 1.14. The van der Waals surface area contributed by atoms with Crippen LogP contribution in [0.4, 0.5) is 0 Å². The van der Waals surface area contributed by atoms with E-state index in [-0.39, 0.29) is 11.6 Å². The van der Waals surface area contributed by atoms with Gasteiger partial charge in [-0.1, -0.05) is 0 Å². The van der Waals surface area contributed by atoms with Crippen LogP contribution >= 0.6 is 11.9 Å². The molecule has 1 heterocycles. The van der Waals surface area contributed by atoms with E-state index in [4.69, 9.17) is 0 Å². The predicted octanol–water partition coefficient (Wildman–Crippen LogP) is 0.391. The lowest BCUT2D eigenvalue weighted by Gasteiger charge is -2.22. The summed E-state index contributed by atoms with van der Waals surface area (Å²) < 4.78 is 1.21. The molecule has 0 unspecified atom stereocenters. The van der Waals surface area contributed by atoms with Gasteiger partial charge in [-0.25, -0.2) is 0 Å². The highest BCUT2D eigenvalue weighted by Crippen LogP contribution is 2.23. The fourth-order valence-corrected chi connectivity index (χ4v) is 2.21. The average molecular weight is 226 g/mol. The molecule has 6 heteroatoms. The molecule has 0 saturated heterocycles. The summed E-state index contributed by atoms with van der Waals surface area (Å²) in [6, 6.07) is 0. The normalized spacial score (nSPS) is 22.0. The van der Waals surface area contributed by atoms with Gasteiger partial charge in [0.05, 0.1) is 0 Å². The Balaban J connectivity index is 2.10. The second-order valence-electron chi connectivity index (χ2n) is 3.39. The SMILES string of the molecule is O=C1CCCC(=O)C1C(=O)N1NC=CS1. The number of nitrogens with zero attached hydrogens (tertiary/aromatic N) is 1. The van der Waals surface area contributed by atoms with E-state index >= 15 is 0 Å². The Bertz CT molecular complexity index is 329. The molecule has 80 valence electrons. The van der Waals surface area contributed by atoms with Crippen molar-refractivity contribution in [1.82, 2.24) is 9.84 Å². The Kier molecular flexibility index (Phi) is 2.77. The summed E-state index contributed by atoms with van der Waals surface area (Å²) in [7, 11) is 0. The summed E-state index contributed by atoms with van der Waals surface area (Å²) in [6.45, 7) is 0. The minimum atomic E-state index is -1.08. The first-order valence-electron chi connectivity index (χ1n) is 4.67. The highest BCUT2D eigenvalue weighted by atomic mass is 32.2. The largest absolute Gasteiger partial charge is 0.298 e. The van der Waals surface area contributed by atoms with E-state index in [1.807, 2.05) is 0 Å². The molecule has 2 aliphatic rings. The number of hydrazine groups is 1. The Morgan fingerprint density at radius 2 is 2.07 bits per heavy atom. The highest BCUT2D eigenvalue weighted by molar-refractivity contribution is 8.00. The Labute approximate surface area is 91.0 Å². The Hall–Kier alpha value is -1.30. The van der Waals surface area contributed by atoms with Crippen LogP contribution in [0.5, 0.6) is 0 Å². The third-order valence-corrected chi connectivity index (χ3v) is 3.12. The third kappa shape index (κ3) is 1.90. The molecule has 1 aliphatic carbocycles. The van der Waals surface area contributed by atoms with Crippen molar-refractivity contribution in [3.05, 3.63) is 11.6 Å². The average Bonchev–Trinajstić information content (AvgIpc) is 2.69. The standard InChI is InChI=1S/C9H10N2O3S/c12-6-2-1-3-7(13)8(6)9(14)11-10-4-5-15-11/h4-5,8,10H,1-3H2. The van der Waals surface area contributed by atoms with Gasteiger partial charge in [0.1, 0.15) is 0 Å². The molecule has 1 saturated carbocycles. The molecular weight excluding hydrogens is 216 g/mol. The molecule has 0 radical (unpaired) electrons. The van der Waals surface area contributed by atoms with Gasteiger partial charge in [0, 0.05) is 36.4 Å². The number of hydrogen-bond acceptors (Lipinski definition) is 5. The first-order valence-corrected chi connectivity index (χ1v) is 5.51. The molecule has 0 aromatic rings. The van der Waals surface area contributed by atoms with E-state index in [1.54, 1.807) is 11.6 Å². The third-order valence-electron chi connectivity index (χ3n) is 2.36. The van der Waals surface area contributed by atoms with Crippen LogP contribution in [0, 0.1) is 5.92 Å². The first-order chi connectivity index (χ1) is 7.20. The van der Waals surface area contributed by atoms with Crippen molar-refractivity contribution in [3.8, 4) is 0 Å². The predicted molar refractivity (Wildman–Crippen MR) is 54.1 cm³/mol. The summed E-state index contributed by atoms with van der Waals surface area (Å²) in [6.07, 6.45) is 2.81. The molecule has 0 atom stereocenters. The summed E-state index contributed by atoms with van der Waals surface area (Å²) in [5, 5.41) is 1.68. The van der Waals surface area contributed by atoms with Gasteiger partial charge in [-0.05, 0) is 6.42 Å². The van der Waals surface area contributed by atoms with E-state index in [9.17, 15) is 14.4 Å². The van der Waals surface area contributed by atoms with Gasteiger partial charge in [-0.15, -0.1) is 0 Å². The molecule has 1 N–H and O–H groups in total. The molecule has 0 bridgehead atoms.